The maximum absolute atomic E-state index is 13.2. The van der Waals surface area contributed by atoms with Crippen molar-refractivity contribution in [2.45, 2.75) is 20.3 Å². The molecule has 0 fully saturated rings. The third-order valence-electron chi connectivity index (χ3n) is 1.88. The van der Waals surface area contributed by atoms with Gasteiger partial charge in [0, 0.05) is 0 Å². The van der Waals surface area contributed by atoms with Crippen molar-refractivity contribution in [1.29, 1.82) is 0 Å². The van der Waals surface area contributed by atoms with E-state index in [-0.39, 0.29) is 5.82 Å². The van der Waals surface area contributed by atoms with Gasteiger partial charge in [0.15, 0.2) is 0 Å². The van der Waals surface area contributed by atoms with Crippen LogP contribution in [0.3, 0.4) is 0 Å². The SMILES string of the molecule is COc1ccc(F)c(CC(C)C)c1. The van der Waals surface area contributed by atoms with Crippen LogP contribution >= 0.6 is 0 Å². The van der Waals surface area contributed by atoms with Crippen LogP contribution in [0.2, 0.25) is 0 Å². The van der Waals surface area contributed by atoms with Gasteiger partial charge in [-0.2, -0.15) is 0 Å². The van der Waals surface area contributed by atoms with E-state index in [2.05, 4.69) is 13.8 Å². The Morgan fingerprint density at radius 2 is 2.08 bits per heavy atom. The summed E-state index contributed by atoms with van der Waals surface area (Å²) in [5.41, 5.74) is 0.731. The first-order valence-electron chi connectivity index (χ1n) is 4.46. The largest absolute Gasteiger partial charge is 0.497 e. The summed E-state index contributed by atoms with van der Waals surface area (Å²) in [5.74, 6) is 1.04. The van der Waals surface area contributed by atoms with Crippen molar-refractivity contribution in [3.8, 4) is 5.75 Å². The normalized spacial score (nSPS) is 10.5. The highest BCUT2D eigenvalue weighted by atomic mass is 19.1. The van der Waals surface area contributed by atoms with E-state index in [1.165, 1.54) is 6.07 Å². The Kier molecular flexibility index (Phi) is 3.29. The predicted octanol–water partition coefficient (Wildman–Crippen LogP) is 3.03. The first-order valence-corrected chi connectivity index (χ1v) is 4.46. The molecule has 0 aliphatic rings. The summed E-state index contributed by atoms with van der Waals surface area (Å²) in [6.07, 6.45) is 0.753. The molecule has 0 unspecified atom stereocenters. The topological polar surface area (TPSA) is 9.23 Å². The lowest BCUT2D eigenvalue weighted by Crippen LogP contribution is -1.98. The van der Waals surface area contributed by atoms with Crippen LogP contribution in [0, 0.1) is 11.7 Å². The van der Waals surface area contributed by atoms with Crippen molar-refractivity contribution in [2.75, 3.05) is 7.11 Å². The van der Waals surface area contributed by atoms with Crippen LogP contribution in [-0.2, 0) is 6.42 Å². The Bertz CT molecular complexity index is 281. The van der Waals surface area contributed by atoms with E-state index in [4.69, 9.17) is 4.74 Å². The highest BCUT2D eigenvalue weighted by Gasteiger charge is 2.05. The highest BCUT2D eigenvalue weighted by molar-refractivity contribution is 5.29. The van der Waals surface area contributed by atoms with Crippen molar-refractivity contribution in [3.05, 3.63) is 29.6 Å². The number of benzene rings is 1. The van der Waals surface area contributed by atoms with Gasteiger partial charge in [0.1, 0.15) is 11.6 Å². The summed E-state index contributed by atoms with van der Waals surface area (Å²) in [6, 6.07) is 4.85. The molecule has 0 amide bonds. The van der Waals surface area contributed by atoms with E-state index in [9.17, 15) is 4.39 Å². The number of hydrogen-bond acceptors (Lipinski definition) is 1. The first-order chi connectivity index (χ1) is 6.13. The monoisotopic (exact) mass is 182 g/mol. The smallest absolute Gasteiger partial charge is 0.126 e. The van der Waals surface area contributed by atoms with Crippen LogP contribution in [0.5, 0.6) is 5.75 Å². The van der Waals surface area contributed by atoms with Crippen LogP contribution in [0.4, 0.5) is 4.39 Å². The van der Waals surface area contributed by atoms with E-state index in [1.54, 1.807) is 19.2 Å². The van der Waals surface area contributed by atoms with E-state index in [0.717, 1.165) is 17.7 Å². The number of ether oxygens (including phenoxy) is 1. The van der Waals surface area contributed by atoms with Crippen molar-refractivity contribution < 1.29 is 9.13 Å². The molecule has 1 nitrogen and oxygen atoms in total. The van der Waals surface area contributed by atoms with Gasteiger partial charge in [0.05, 0.1) is 7.11 Å². The molecule has 72 valence electrons. The Morgan fingerprint density at radius 1 is 1.38 bits per heavy atom. The molecule has 0 N–H and O–H groups in total. The molecule has 0 saturated carbocycles. The summed E-state index contributed by atoms with van der Waals surface area (Å²) >= 11 is 0. The van der Waals surface area contributed by atoms with Gasteiger partial charge in [-0.25, -0.2) is 4.39 Å². The molecule has 0 aliphatic carbocycles. The lowest BCUT2D eigenvalue weighted by atomic mass is 10.0. The second-order valence-corrected chi connectivity index (χ2v) is 3.56. The Labute approximate surface area is 78.5 Å². The molecule has 0 aromatic heterocycles. The Morgan fingerprint density at radius 3 is 2.62 bits per heavy atom. The third kappa shape index (κ3) is 2.72. The fourth-order valence-corrected chi connectivity index (χ4v) is 1.27. The van der Waals surface area contributed by atoms with Gasteiger partial charge in [0.25, 0.3) is 0 Å². The van der Waals surface area contributed by atoms with E-state index in [0.29, 0.717) is 5.92 Å². The second kappa shape index (κ2) is 4.26. The Balaban J connectivity index is 2.90. The molecule has 0 heterocycles. The molecule has 0 bridgehead atoms. The standard InChI is InChI=1S/C11H15FO/c1-8(2)6-9-7-10(13-3)4-5-11(9)12/h4-5,7-8H,6H2,1-3H3. The van der Waals surface area contributed by atoms with Gasteiger partial charge in [-0.3, -0.25) is 0 Å². The zero-order valence-electron chi connectivity index (χ0n) is 8.30. The van der Waals surface area contributed by atoms with Crippen LogP contribution in [0.25, 0.3) is 0 Å². The number of hydrogen-bond donors (Lipinski definition) is 0. The van der Waals surface area contributed by atoms with Gasteiger partial charge >= 0.3 is 0 Å². The van der Waals surface area contributed by atoms with E-state index < -0.39 is 0 Å². The maximum Gasteiger partial charge on any atom is 0.126 e. The van der Waals surface area contributed by atoms with Crippen LogP contribution in [0.15, 0.2) is 18.2 Å². The number of rotatable bonds is 3. The Hall–Kier alpha value is -1.05. The first kappa shape index (κ1) is 10.0. The lowest BCUT2D eigenvalue weighted by molar-refractivity contribution is 0.412. The molecule has 1 rings (SSSR count). The minimum absolute atomic E-state index is 0.144. The molecular weight excluding hydrogens is 167 g/mol. The molecule has 2 heteroatoms. The molecule has 13 heavy (non-hydrogen) atoms. The third-order valence-corrected chi connectivity index (χ3v) is 1.88. The zero-order chi connectivity index (χ0) is 9.84. The molecule has 0 radical (unpaired) electrons. The summed E-state index contributed by atoms with van der Waals surface area (Å²) in [4.78, 5) is 0. The number of halogens is 1. The quantitative estimate of drug-likeness (QED) is 0.698. The molecule has 1 aromatic rings. The van der Waals surface area contributed by atoms with Gasteiger partial charge in [-0.1, -0.05) is 13.8 Å². The number of methoxy groups -OCH3 is 1. The molecule has 0 aliphatic heterocycles. The average Bonchev–Trinajstić information content (AvgIpc) is 2.08. The lowest BCUT2D eigenvalue weighted by Gasteiger charge is -2.07. The summed E-state index contributed by atoms with van der Waals surface area (Å²) < 4.78 is 18.2. The van der Waals surface area contributed by atoms with Crippen molar-refractivity contribution in [3.63, 3.8) is 0 Å². The molecule has 0 saturated heterocycles. The second-order valence-electron chi connectivity index (χ2n) is 3.56. The predicted molar refractivity (Wildman–Crippen MR) is 51.5 cm³/mol. The van der Waals surface area contributed by atoms with Crippen LogP contribution in [-0.4, -0.2) is 7.11 Å². The molecule has 0 atom stereocenters. The van der Waals surface area contributed by atoms with Crippen LogP contribution in [0.1, 0.15) is 19.4 Å². The summed E-state index contributed by atoms with van der Waals surface area (Å²) in [5, 5.41) is 0. The summed E-state index contributed by atoms with van der Waals surface area (Å²) in [7, 11) is 1.59. The molecule has 1 aromatic carbocycles. The zero-order valence-corrected chi connectivity index (χ0v) is 8.30. The van der Waals surface area contributed by atoms with Crippen molar-refractivity contribution in [2.24, 2.45) is 5.92 Å². The minimum atomic E-state index is -0.144. The van der Waals surface area contributed by atoms with Gasteiger partial charge < -0.3 is 4.74 Å². The molecular formula is C11H15FO. The van der Waals surface area contributed by atoms with E-state index >= 15 is 0 Å². The van der Waals surface area contributed by atoms with Gasteiger partial charge in [-0.15, -0.1) is 0 Å². The fourth-order valence-electron chi connectivity index (χ4n) is 1.27. The maximum atomic E-state index is 13.2. The fraction of sp³-hybridized carbons (Fsp3) is 0.455. The summed E-state index contributed by atoms with van der Waals surface area (Å²) in [6.45, 7) is 4.14. The van der Waals surface area contributed by atoms with E-state index in [1.807, 2.05) is 0 Å². The van der Waals surface area contributed by atoms with Crippen molar-refractivity contribution >= 4 is 0 Å². The minimum Gasteiger partial charge on any atom is -0.497 e. The highest BCUT2D eigenvalue weighted by Crippen LogP contribution is 2.19. The van der Waals surface area contributed by atoms with Crippen molar-refractivity contribution in [1.82, 2.24) is 0 Å². The van der Waals surface area contributed by atoms with Gasteiger partial charge in [0.2, 0.25) is 0 Å². The van der Waals surface area contributed by atoms with Gasteiger partial charge in [-0.05, 0) is 36.1 Å². The average molecular weight is 182 g/mol. The molecule has 0 spiro atoms. The van der Waals surface area contributed by atoms with Crippen LogP contribution < -0.4 is 4.74 Å².